The number of amides is 1. The first-order valence-corrected chi connectivity index (χ1v) is 12.5. The molecule has 0 unspecified atom stereocenters. The van der Waals surface area contributed by atoms with Crippen molar-refractivity contribution in [3.8, 4) is 5.75 Å². The molecule has 0 aliphatic carbocycles. The van der Waals surface area contributed by atoms with Crippen molar-refractivity contribution in [2.45, 2.75) is 51.9 Å². The summed E-state index contributed by atoms with van der Waals surface area (Å²) in [6.45, 7) is 6.62. The average Bonchev–Trinajstić information content (AvgIpc) is 3.32. The van der Waals surface area contributed by atoms with E-state index in [2.05, 4.69) is 27.4 Å². The van der Waals surface area contributed by atoms with E-state index in [0.717, 1.165) is 66.4 Å². The Balaban J connectivity index is 1.21. The third-order valence-corrected chi connectivity index (χ3v) is 7.37. The van der Waals surface area contributed by atoms with Crippen LogP contribution in [-0.2, 0) is 13.1 Å². The van der Waals surface area contributed by atoms with Gasteiger partial charge in [0.2, 0.25) is 5.95 Å². The molecular weight excluding hydrogens is 452 g/mol. The molecule has 1 aromatic heterocycles. The number of anilines is 3. The fourth-order valence-electron chi connectivity index (χ4n) is 5.35. The van der Waals surface area contributed by atoms with Gasteiger partial charge in [-0.2, -0.15) is 0 Å². The molecular formula is C28H34N6O2. The number of piperidine rings is 1. The number of rotatable bonds is 6. The van der Waals surface area contributed by atoms with E-state index in [9.17, 15) is 4.79 Å². The molecule has 8 nitrogen and oxygen atoms in total. The van der Waals surface area contributed by atoms with Gasteiger partial charge in [-0.05, 0) is 62.6 Å². The van der Waals surface area contributed by atoms with Crippen LogP contribution in [0.2, 0.25) is 0 Å². The summed E-state index contributed by atoms with van der Waals surface area (Å²) in [4.78, 5) is 27.1. The molecule has 0 spiro atoms. The van der Waals surface area contributed by atoms with Crippen LogP contribution in [-0.4, -0.2) is 58.5 Å². The second-order valence-corrected chi connectivity index (χ2v) is 9.73. The highest BCUT2D eigenvalue weighted by Gasteiger charge is 2.35. The first-order valence-electron chi connectivity index (χ1n) is 12.5. The molecule has 2 atom stereocenters. The van der Waals surface area contributed by atoms with Crippen LogP contribution in [0.3, 0.4) is 0 Å². The molecule has 2 N–H and O–H groups in total. The van der Waals surface area contributed by atoms with Gasteiger partial charge in [-0.25, -0.2) is 9.97 Å². The fraction of sp³-hybridized carbons (Fsp3) is 0.393. The summed E-state index contributed by atoms with van der Waals surface area (Å²) in [6.07, 6.45) is 3.85. The molecule has 0 saturated carbocycles. The number of nitrogens with one attached hydrogen (secondary N) is 2. The Morgan fingerprint density at radius 1 is 1.17 bits per heavy atom. The van der Waals surface area contributed by atoms with Crippen LogP contribution in [0, 0.1) is 6.92 Å². The second kappa shape index (κ2) is 10.1. The number of methoxy groups -OCH3 is 1. The summed E-state index contributed by atoms with van der Waals surface area (Å²) in [5, 5.41) is 6.45. The van der Waals surface area contributed by atoms with Crippen molar-refractivity contribution >= 4 is 23.2 Å². The lowest BCUT2D eigenvalue weighted by Gasteiger charge is -2.41. The minimum absolute atomic E-state index is 0.121. The number of benzene rings is 2. The van der Waals surface area contributed by atoms with Crippen LogP contribution in [0.15, 0.2) is 48.7 Å². The Hall–Kier alpha value is -3.65. The highest BCUT2D eigenvalue weighted by Crippen LogP contribution is 2.31. The molecule has 1 fully saturated rings. The third-order valence-electron chi connectivity index (χ3n) is 7.37. The Bertz CT molecular complexity index is 1260. The largest absolute Gasteiger partial charge is 0.497 e. The smallest absolute Gasteiger partial charge is 0.254 e. The molecule has 1 amide bonds. The molecule has 3 heterocycles. The van der Waals surface area contributed by atoms with E-state index in [4.69, 9.17) is 9.72 Å². The Morgan fingerprint density at radius 2 is 2.03 bits per heavy atom. The monoisotopic (exact) mass is 486 g/mol. The van der Waals surface area contributed by atoms with Gasteiger partial charge in [0.15, 0.2) is 0 Å². The van der Waals surface area contributed by atoms with E-state index in [0.29, 0.717) is 12.0 Å². The molecule has 0 bridgehead atoms. The Morgan fingerprint density at radius 3 is 2.78 bits per heavy atom. The number of likely N-dealkylation sites (tertiary alicyclic amines) is 1. The normalized spacial score (nSPS) is 19.6. The Kier molecular flexibility index (Phi) is 6.78. The van der Waals surface area contributed by atoms with Gasteiger partial charge in [-0.1, -0.05) is 6.07 Å². The first-order chi connectivity index (χ1) is 17.4. The number of ether oxygens (including phenoxy) is 1. The van der Waals surface area contributed by atoms with Gasteiger partial charge in [-0.3, -0.25) is 9.69 Å². The highest BCUT2D eigenvalue weighted by atomic mass is 16.5. The van der Waals surface area contributed by atoms with Crippen molar-refractivity contribution in [2.75, 3.05) is 31.3 Å². The van der Waals surface area contributed by atoms with Crippen molar-refractivity contribution < 1.29 is 9.53 Å². The summed E-state index contributed by atoms with van der Waals surface area (Å²) >= 11 is 0. The Labute approximate surface area is 212 Å². The molecule has 2 aromatic carbocycles. The van der Waals surface area contributed by atoms with Gasteiger partial charge < -0.3 is 20.3 Å². The lowest BCUT2D eigenvalue weighted by molar-refractivity contribution is 0.0460. The summed E-state index contributed by atoms with van der Waals surface area (Å²) in [7, 11) is 3.56. The van der Waals surface area contributed by atoms with Crippen LogP contribution in [0.1, 0.15) is 46.9 Å². The second-order valence-electron chi connectivity index (χ2n) is 9.73. The lowest BCUT2D eigenvalue weighted by Crippen LogP contribution is -2.50. The van der Waals surface area contributed by atoms with Crippen LogP contribution < -0.4 is 15.4 Å². The van der Waals surface area contributed by atoms with Crippen molar-refractivity contribution in [3.05, 3.63) is 71.0 Å². The molecule has 3 aromatic rings. The summed E-state index contributed by atoms with van der Waals surface area (Å²) in [6, 6.07) is 14.2. The van der Waals surface area contributed by atoms with Crippen LogP contribution >= 0.6 is 0 Å². The van der Waals surface area contributed by atoms with Gasteiger partial charge in [0.05, 0.1) is 12.8 Å². The van der Waals surface area contributed by atoms with Crippen LogP contribution in [0.5, 0.6) is 5.75 Å². The van der Waals surface area contributed by atoms with Gasteiger partial charge in [0.1, 0.15) is 5.75 Å². The number of nitrogens with zero attached hydrogens (tertiary/aromatic N) is 4. The van der Waals surface area contributed by atoms with E-state index in [-0.39, 0.29) is 11.9 Å². The minimum Gasteiger partial charge on any atom is -0.497 e. The average molecular weight is 487 g/mol. The van der Waals surface area contributed by atoms with Gasteiger partial charge in [0, 0.05) is 73.5 Å². The topological polar surface area (TPSA) is 82.6 Å². The summed E-state index contributed by atoms with van der Waals surface area (Å²) in [5.41, 5.74) is 6.04. The quantitative estimate of drug-likeness (QED) is 0.527. The minimum atomic E-state index is 0.121. The third kappa shape index (κ3) is 4.86. The van der Waals surface area contributed by atoms with Crippen molar-refractivity contribution in [1.29, 1.82) is 0 Å². The zero-order valence-electron chi connectivity index (χ0n) is 21.4. The fourth-order valence-corrected chi connectivity index (χ4v) is 5.35. The number of aryl methyl sites for hydroxylation is 1. The van der Waals surface area contributed by atoms with Crippen LogP contribution in [0.25, 0.3) is 0 Å². The molecule has 36 heavy (non-hydrogen) atoms. The van der Waals surface area contributed by atoms with E-state index >= 15 is 0 Å². The highest BCUT2D eigenvalue weighted by molar-refractivity contribution is 5.95. The van der Waals surface area contributed by atoms with E-state index < -0.39 is 0 Å². The molecule has 188 valence electrons. The van der Waals surface area contributed by atoms with Crippen molar-refractivity contribution in [1.82, 2.24) is 19.8 Å². The van der Waals surface area contributed by atoms with Crippen molar-refractivity contribution in [2.24, 2.45) is 0 Å². The zero-order valence-corrected chi connectivity index (χ0v) is 21.4. The van der Waals surface area contributed by atoms with E-state index in [1.54, 1.807) is 7.11 Å². The number of carbonyl (C=O) groups excluding carboxylic acids is 1. The standard InChI is InChI=1S/C28H34N6O2/c1-18-12-20(8-9-25(18)29-3)27(35)34-11-10-23(13-19(34)2)33-16-21-15-30-28(32-26(21)17-33)31-22-6-5-7-24(14-22)36-4/h5-9,12,14-15,19,23,29H,10-11,13,16-17H2,1-4H3,(H,30,31,32)/t19-,23+/m1/s1. The maximum absolute atomic E-state index is 13.3. The van der Waals surface area contributed by atoms with E-state index in [1.807, 2.05) is 67.5 Å². The summed E-state index contributed by atoms with van der Waals surface area (Å²) in [5.74, 6) is 1.50. The maximum Gasteiger partial charge on any atom is 0.254 e. The summed E-state index contributed by atoms with van der Waals surface area (Å²) < 4.78 is 5.30. The lowest BCUT2D eigenvalue weighted by atomic mass is 9.95. The number of hydrogen-bond acceptors (Lipinski definition) is 7. The predicted molar refractivity (Wildman–Crippen MR) is 142 cm³/mol. The SMILES string of the molecule is CNc1ccc(C(=O)N2CC[C@H](N3Cc4cnc(Nc5cccc(OC)c5)nc4C3)C[C@H]2C)cc1C. The molecule has 0 radical (unpaired) electrons. The molecule has 2 aliphatic rings. The molecule has 8 heteroatoms. The number of fused-ring (bicyclic) bond motifs is 1. The number of aromatic nitrogens is 2. The van der Waals surface area contributed by atoms with E-state index in [1.165, 1.54) is 5.56 Å². The van der Waals surface area contributed by atoms with Crippen LogP contribution in [0.4, 0.5) is 17.3 Å². The molecule has 5 rings (SSSR count). The molecule has 2 aliphatic heterocycles. The van der Waals surface area contributed by atoms with Crippen molar-refractivity contribution in [3.63, 3.8) is 0 Å². The van der Waals surface area contributed by atoms with Gasteiger partial charge in [-0.15, -0.1) is 0 Å². The molecule has 1 saturated heterocycles. The van der Waals surface area contributed by atoms with Gasteiger partial charge in [0.25, 0.3) is 5.91 Å². The zero-order chi connectivity index (χ0) is 25.2. The van der Waals surface area contributed by atoms with Gasteiger partial charge >= 0.3 is 0 Å². The first kappa shape index (κ1) is 24.1. The maximum atomic E-state index is 13.3. The number of hydrogen-bond donors (Lipinski definition) is 2. The number of carbonyl (C=O) groups is 1. The predicted octanol–water partition coefficient (Wildman–Crippen LogP) is 4.59.